The predicted octanol–water partition coefficient (Wildman–Crippen LogP) is 0.801. The molecule has 0 aromatic heterocycles. The van der Waals surface area contributed by atoms with Crippen LogP contribution in [-0.4, -0.2) is 67.3 Å². The molecule has 0 bridgehead atoms. The molecule has 1 unspecified atom stereocenters. The molecular formula is C16H27NO8S2. The largest absolute Gasteiger partial charge is 0.466 e. The van der Waals surface area contributed by atoms with E-state index in [1.165, 1.54) is 32.7 Å². The lowest BCUT2D eigenvalue weighted by Crippen LogP contribution is -2.50. The van der Waals surface area contributed by atoms with Crippen LogP contribution in [-0.2, 0) is 34.0 Å². The first-order valence-electron chi connectivity index (χ1n) is 8.04. The van der Waals surface area contributed by atoms with E-state index in [1.54, 1.807) is 6.92 Å². The molecule has 9 nitrogen and oxygen atoms in total. The van der Waals surface area contributed by atoms with Crippen LogP contribution in [0.2, 0.25) is 0 Å². The summed E-state index contributed by atoms with van der Waals surface area (Å²) in [6.07, 6.45) is 0.0989. The molecule has 0 rings (SSSR count). The fourth-order valence-corrected chi connectivity index (χ4v) is 3.85. The Labute approximate surface area is 164 Å². The van der Waals surface area contributed by atoms with Gasteiger partial charge in [-0.15, -0.1) is 0 Å². The molecular weight excluding hydrogens is 398 g/mol. The van der Waals surface area contributed by atoms with Gasteiger partial charge in [0.1, 0.15) is 6.61 Å². The Kier molecular flexibility index (Phi) is 10.6. The van der Waals surface area contributed by atoms with Crippen molar-refractivity contribution in [1.29, 1.82) is 0 Å². The van der Waals surface area contributed by atoms with Gasteiger partial charge in [-0.3, -0.25) is 14.1 Å². The first-order valence-corrected chi connectivity index (χ1v) is 10.8. The molecule has 0 heterocycles. The quantitative estimate of drug-likeness (QED) is 0.201. The van der Waals surface area contributed by atoms with Gasteiger partial charge in [0.2, 0.25) is 5.91 Å². The van der Waals surface area contributed by atoms with E-state index in [-0.39, 0.29) is 24.5 Å². The van der Waals surface area contributed by atoms with Crippen LogP contribution in [0.15, 0.2) is 12.2 Å². The Morgan fingerprint density at radius 2 is 1.89 bits per heavy atom. The highest BCUT2D eigenvalue weighted by molar-refractivity contribution is 7.99. The Morgan fingerprint density at radius 1 is 1.30 bits per heavy atom. The summed E-state index contributed by atoms with van der Waals surface area (Å²) in [4.78, 5) is 34.8. The highest BCUT2D eigenvalue weighted by Crippen LogP contribution is 2.13. The van der Waals surface area contributed by atoms with E-state index >= 15 is 0 Å². The van der Waals surface area contributed by atoms with Gasteiger partial charge in [-0.1, -0.05) is 13.5 Å². The number of ether oxygens (including phenoxy) is 2. The van der Waals surface area contributed by atoms with Crippen molar-refractivity contribution in [2.75, 3.05) is 31.0 Å². The molecule has 0 aliphatic heterocycles. The van der Waals surface area contributed by atoms with E-state index in [2.05, 4.69) is 16.6 Å². The lowest BCUT2D eigenvalue weighted by atomic mass is 10.1. The number of thioether (sulfide) groups is 1. The average molecular weight is 426 g/mol. The van der Waals surface area contributed by atoms with Crippen molar-refractivity contribution >= 4 is 39.7 Å². The first kappa shape index (κ1) is 25.4. The molecule has 0 fully saturated rings. The molecule has 27 heavy (non-hydrogen) atoms. The van der Waals surface area contributed by atoms with E-state index in [0.29, 0.717) is 11.5 Å². The molecule has 0 saturated carbocycles. The first-order chi connectivity index (χ1) is 12.3. The number of amides is 1. The fraction of sp³-hybridized carbons (Fsp3) is 0.688. The number of carbonyl (C=O) groups excluding carboxylic acids is 3. The average Bonchev–Trinajstić information content (AvgIpc) is 2.52. The number of nitrogens with one attached hydrogen (secondary N) is 1. The summed E-state index contributed by atoms with van der Waals surface area (Å²) in [5, 5.41) is 2.57. The lowest BCUT2D eigenvalue weighted by Gasteiger charge is -2.26. The smallest absolute Gasteiger partial charge is 0.336 e. The van der Waals surface area contributed by atoms with Gasteiger partial charge in [-0.2, -0.15) is 20.2 Å². The molecule has 156 valence electrons. The Morgan fingerprint density at radius 3 is 2.41 bits per heavy atom. The molecule has 1 amide bonds. The standard InChI is InChI=1S/C16H27NO8S2/c1-11(15(20)24-5)8-25-13(18)6-7-26-9-12(2)14(19)17-16(3,4)10-27(21,22)23/h12H,1,6-10H2,2-5H3,(H,17,19)(H,21,22,23). The van der Waals surface area contributed by atoms with Crippen LogP contribution in [0, 0.1) is 5.92 Å². The van der Waals surface area contributed by atoms with Crippen LogP contribution in [0.3, 0.4) is 0 Å². The van der Waals surface area contributed by atoms with Crippen molar-refractivity contribution < 1.29 is 36.8 Å². The molecule has 0 radical (unpaired) electrons. The maximum atomic E-state index is 12.1. The molecule has 1 atom stereocenters. The van der Waals surface area contributed by atoms with Gasteiger partial charge in [-0.05, 0) is 13.8 Å². The van der Waals surface area contributed by atoms with Crippen LogP contribution < -0.4 is 5.32 Å². The summed E-state index contributed by atoms with van der Waals surface area (Å²) in [7, 11) is -3.01. The third kappa shape index (κ3) is 12.4. The minimum atomic E-state index is -4.21. The zero-order valence-corrected chi connectivity index (χ0v) is 17.6. The van der Waals surface area contributed by atoms with Crippen molar-refractivity contribution in [2.24, 2.45) is 5.92 Å². The van der Waals surface area contributed by atoms with E-state index in [1.807, 2.05) is 0 Å². The monoisotopic (exact) mass is 425 g/mol. The Bertz CT molecular complexity index is 657. The molecule has 0 aromatic rings. The van der Waals surface area contributed by atoms with Crippen LogP contribution in [0.1, 0.15) is 27.2 Å². The highest BCUT2D eigenvalue weighted by Gasteiger charge is 2.28. The topological polar surface area (TPSA) is 136 Å². The predicted molar refractivity (Wildman–Crippen MR) is 102 cm³/mol. The van der Waals surface area contributed by atoms with Crippen LogP contribution in [0.4, 0.5) is 0 Å². The number of carbonyl (C=O) groups is 3. The van der Waals surface area contributed by atoms with Gasteiger partial charge < -0.3 is 14.8 Å². The van der Waals surface area contributed by atoms with E-state index in [4.69, 9.17) is 9.29 Å². The summed E-state index contributed by atoms with van der Waals surface area (Å²) in [5.41, 5.74) is -1.06. The number of methoxy groups -OCH3 is 1. The summed E-state index contributed by atoms with van der Waals surface area (Å²) in [5.74, 6) is -1.69. The molecule has 11 heteroatoms. The zero-order chi connectivity index (χ0) is 21.3. The Hall–Kier alpha value is -1.59. The van der Waals surface area contributed by atoms with Gasteiger partial charge in [0, 0.05) is 17.4 Å². The SMILES string of the molecule is C=C(COC(=O)CCSCC(C)C(=O)NC(C)(C)CS(=O)(=O)O)C(=O)OC. The van der Waals surface area contributed by atoms with Crippen molar-refractivity contribution in [3.63, 3.8) is 0 Å². The van der Waals surface area contributed by atoms with Crippen molar-refractivity contribution in [1.82, 2.24) is 5.32 Å². The van der Waals surface area contributed by atoms with Gasteiger partial charge in [-0.25, -0.2) is 4.79 Å². The normalized spacial score (nSPS) is 12.8. The summed E-state index contributed by atoms with van der Waals surface area (Å²) in [6.45, 7) is 7.86. The van der Waals surface area contributed by atoms with E-state index in [9.17, 15) is 22.8 Å². The summed E-state index contributed by atoms with van der Waals surface area (Å²) >= 11 is 1.36. The van der Waals surface area contributed by atoms with Crippen LogP contribution in [0.25, 0.3) is 0 Å². The molecule has 0 spiro atoms. The number of esters is 2. The molecule has 0 aromatic carbocycles. The third-order valence-corrected chi connectivity index (χ3v) is 5.47. The van der Waals surface area contributed by atoms with E-state index < -0.39 is 39.3 Å². The third-order valence-electron chi connectivity index (χ3n) is 3.15. The molecule has 0 saturated heterocycles. The van der Waals surface area contributed by atoms with Gasteiger partial charge >= 0.3 is 11.9 Å². The second kappa shape index (κ2) is 11.3. The minimum Gasteiger partial charge on any atom is -0.466 e. The van der Waals surface area contributed by atoms with Gasteiger partial charge in [0.05, 0.1) is 30.4 Å². The van der Waals surface area contributed by atoms with Gasteiger partial charge in [0.15, 0.2) is 0 Å². The van der Waals surface area contributed by atoms with Crippen molar-refractivity contribution in [2.45, 2.75) is 32.7 Å². The second-order valence-electron chi connectivity index (χ2n) is 6.58. The minimum absolute atomic E-state index is 0.0382. The molecule has 0 aliphatic rings. The fourth-order valence-electron chi connectivity index (χ4n) is 1.88. The summed E-state index contributed by atoms with van der Waals surface area (Å²) < 4.78 is 40.1. The molecule has 2 N–H and O–H groups in total. The highest BCUT2D eigenvalue weighted by atomic mass is 32.2. The van der Waals surface area contributed by atoms with Gasteiger partial charge in [0.25, 0.3) is 10.1 Å². The summed E-state index contributed by atoms with van der Waals surface area (Å²) in [6, 6.07) is 0. The second-order valence-corrected chi connectivity index (χ2v) is 9.18. The van der Waals surface area contributed by atoms with E-state index in [0.717, 1.165) is 0 Å². The van der Waals surface area contributed by atoms with Crippen LogP contribution in [0.5, 0.6) is 0 Å². The number of rotatable bonds is 12. The number of hydrogen-bond acceptors (Lipinski definition) is 8. The maximum absolute atomic E-state index is 12.1. The zero-order valence-electron chi connectivity index (χ0n) is 15.9. The maximum Gasteiger partial charge on any atom is 0.336 e. The molecule has 0 aliphatic carbocycles. The van der Waals surface area contributed by atoms with Crippen LogP contribution >= 0.6 is 11.8 Å². The van der Waals surface area contributed by atoms with Crippen molar-refractivity contribution in [3.05, 3.63) is 12.2 Å². The van der Waals surface area contributed by atoms with Crippen molar-refractivity contribution in [3.8, 4) is 0 Å². The lowest BCUT2D eigenvalue weighted by molar-refractivity contribution is -0.143. The Balaban J connectivity index is 4.13. The number of hydrogen-bond donors (Lipinski definition) is 2.